The van der Waals surface area contributed by atoms with Crippen LogP contribution in [0, 0.1) is 12.7 Å². The minimum atomic E-state index is -1.38. The molecule has 0 amide bonds. The molecule has 2 aromatic heterocycles. The summed E-state index contributed by atoms with van der Waals surface area (Å²) in [5.41, 5.74) is 2.78. The maximum Gasteiger partial charge on any atom is 0.257 e. The molecule has 1 N–H and O–H groups in total. The zero-order valence-corrected chi connectivity index (χ0v) is 21.9. The third kappa shape index (κ3) is 5.48. The molecule has 2 atom stereocenters. The molecule has 36 heavy (non-hydrogen) atoms. The Morgan fingerprint density at radius 3 is 2.47 bits per heavy atom. The predicted molar refractivity (Wildman–Crippen MR) is 139 cm³/mol. The topological polar surface area (TPSA) is 78.5 Å². The molecule has 0 radical (unpaired) electrons. The van der Waals surface area contributed by atoms with E-state index in [1.54, 1.807) is 60.6 Å². The van der Waals surface area contributed by atoms with Crippen LogP contribution in [0.2, 0.25) is 13.1 Å². The smallest absolute Gasteiger partial charge is 0.257 e. The standard InChI is InChI=1S/C27H30FN3O4Si/c1-18-15-30(17-29-18)23-12-9-20(14-25(23)34-2)26(32)22-6-5-13-31(27(22)33)24(16-35-36(3)4)19-7-10-21(28)11-8-19/h5-15,17,24,26,32,36H,16H2,1-4H3. The summed E-state index contributed by atoms with van der Waals surface area (Å²) in [5, 5.41) is 11.2. The normalized spacial score (nSPS) is 13.1. The average Bonchev–Trinajstić information content (AvgIpc) is 3.31. The number of pyridine rings is 1. The number of halogens is 1. The van der Waals surface area contributed by atoms with E-state index >= 15 is 0 Å². The molecule has 0 saturated carbocycles. The van der Waals surface area contributed by atoms with Gasteiger partial charge in [0, 0.05) is 12.4 Å². The molecule has 2 unspecified atom stereocenters. The van der Waals surface area contributed by atoms with Crippen LogP contribution in [0.1, 0.15) is 34.5 Å². The first-order chi connectivity index (χ1) is 17.3. The second-order valence-electron chi connectivity index (χ2n) is 8.88. The van der Waals surface area contributed by atoms with Crippen molar-refractivity contribution >= 4 is 9.04 Å². The SMILES string of the molecule is COc1cc(C(O)c2cccn(C(CO[SiH](C)C)c3ccc(F)cc3)c2=O)ccc1-n1cnc(C)c1. The highest BCUT2D eigenvalue weighted by Gasteiger charge is 2.22. The summed E-state index contributed by atoms with van der Waals surface area (Å²) in [6.45, 7) is 6.27. The first-order valence-electron chi connectivity index (χ1n) is 11.7. The highest BCUT2D eigenvalue weighted by atomic mass is 28.3. The molecule has 4 rings (SSSR count). The zero-order valence-electron chi connectivity index (χ0n) is 20.8. The van der Waals surface area contributed by atoms with Gasteiger partial charge in [0.1, 0.15) is 17.7 Å². The van der Waals surface area contributed by atoms with E-state index < -0.39 is 21.2 Å². The van der Waals surface area contributed by atoms with Crippen molar-refractivity contribution in [2.45, 2.75) is 32.2 Å². The first-order valence-corrected chi connectivity index (χ1v) is 14.5. The Kier molecular flexibility index (Phi) is 7.83. The van der Waals surface area contributed by atoms with Gasteiger partial charge in [-0.3, -0.25) is 4.79 Å². The predicted octanol–water partition coefficient (Wildman–Crippen LogP) is 4.16. The van der Waals surface area contributed by atoms with E-state index in [4.69, 9.17) is 9.16 Å². The quantitative estimate of drug-likeness (QED) is 0.344. The van der Waals surface area contributed by atoms with Crippen molar-refractivity contribution in [2.75, 3.05) is 13.7 Å². The molecule has 4 aromatic rings. The molecule has 2 heterocycles. The average molecular weight is 508 g/mol. The fraction of sp³-hybridized carbons (Fsp3) is 0.259. The van der Waals surface area contributed by atoms with Crippen LogP contribution >= 0.6 is 0 Å². The lowest BCUT2D eigenvalue weighted by Crippen LogP contribution is -2.32. The third-order valence-electron chi connectivity index (χ3n) is 5.99. The van der Waals surface area contributed by atoms with Crippen LogP contribution in [0.4, 0.5) is 4.39 Å². The molecule has 0 spiro atoms. The lowest BCUT2D eigenvalue weighted by atomic mass is 10.0. The third-order valence-corrected chi connectivity index (χ3v) is 6.84. The van der Waals surface area contributed by atoms with Crippen LogP contribution in [0.3, 0.4) is 0 Å². The number of aryl methyl sites for hydroxylation is 1. The van der Waals surface area contributed by atoms with Gasteiger partial charge in [-0.1, -0.05) is 18.2 Å². The number of methoxy groups -OCH3 is 1. The number of aliphatic hydroxyl groups excluding tert-OH is 1. The molecular formula is C27H30FN3O4Si. The molecule has 2 aromatic carbocycles. The largest absolute Gasteiger partial charge is 0.495 e. The van der Waals surface area contributed by atoms with Crippen LogP contribution < -0.4 is 10.3 Å². The molecular weight excluding hydrogens is 477 g/mol. The number of ether oxygens (including phenoxy) is 1. The number of nitrogens with zero attached hydrogens (tertiary/aromatic N) is 3. The lowest BCUT2D eigenvalue weighted by molar-refractivity contribution is 0.215. The maximum absolute atomic E-state index is 13.6. The Morgan fingerprint density at radius 1 is 1.11 bits per heavy atom. The molecule has 0 bridgehead atoms. The van der Waals surface area contributed by atoms with Gasteiger partial charge in [-0.15, -0.1) is 0 Å². The Morgan fingerprint density at radius 2 is 1.83 bits per heavy atom. The van der Waals surface area contributed by atoms with Crippen molar-refractivity contribution in [1.82, 2.24) is 14.1 Å². The summed E-state index contributed by atoms with van der Waals surface area (Å²) < 4.78 is 28.5. The number of benzene rings is 2. The van der Waals surface area contributed by atoms with Crippen molar-refractivity contribution in [3.8, 4) is 11.4 Å². The van der Waals surface area contributed by atoms with E-state index in [1.807, 2.05) is 36.8 Å². The van der Waals surface area contributed by atoms with Crippen molar-refractivity contribution in [3.63, 3.8) is 0 Å². The number of rotatable bonds is 9. The molecule has 188 valence electrons. The van der Waals surface area contributed by atoms with Gasteiger partial charge in [0.25, 0.3) is 5.56 Å². The molecule has 0 aliphatic carbocycles. The highest BCUT2D eigenvalue weighted by molar-refractivity contribution is 6.48. The van der Waals surface area contributed by atoms with Crippen LogP contribution in [-0.4, -0.2) is 42.0 Å². The number of hydrogen-bond acceptors (Lipinski definition) is 5. The van der Waals surface area contributed by atoms with Gasteiger partial charge in [-0.2, -0.15) is 0 Å². The van der Waals surface area contributed by atoms with Crippen LogP contribution in [0.25, 0.3) is 5.69 Å². The minimum Gasteiger partial charge on any atom is -0.495 e. The molecule has 9 heteroatoms. The van der Waals surface area contributed by atoms with E-state index in [1.165, 1.54) is 12.1 Å². The molecule has 0 fully saturated rings. The van der Waals surface area contributed by atoms with Crippen LogP contribution in [0.15, 0.2) is 78.1 Å². The Hall–Kier alpha value is -3.53. The summed E-state index contributed by atoms with van der Waals surface area (Å²) >= 11 is 0. The Labute approximate surface area is 211 Å². The second-order valence-corrected chi connectivity index (χ2v) is 11.3. The van der Waals surface area contributed by atoms with Crippen molar-refractivity contribution in [2.24, 2.45) is 0 Å². The number of imidazole rings is 1. The van der Waals surface area contributed by atoms with Gasteiger partial charge in [-0.05, 0) is 67.5 Å². The number of hydrogen-bond donors (Lipinski definition) is 1. The first kappa shape index (κ1) is 25.6. The van der Waals surface area contributed by atoms with Crippen LogP contribution in [-0.2, 0) is 4.43 Å². The van der Waals surface area contributed by atoms with Gasteiger partial charge < -0.3 is 23.4 Å². The summed E-state index contributed by atoms with van der Waals surface area (Å²) in [5.74, 6) is 0.191. The molecule has 0 aliphatic rings. The van der Waals surface area contributed by atoms with Gasteiger partial charge in [0.15, 0.2) is 9.04 Å². The fourth-order valence-electron chi connectivity index (χ4n) is 4.10. The minimum absolute atomic E-state index is 0.222. The summed E-state index contributed by atoms with van der Waals surface area (Å²) in [6.07, 6.45) is 4.06. The van der Waals surface area contributed by atoms with Crippen LogP contribution in [0.5, 0.6) is 5.75 Å². The maximum atomic E-state index is 13.6. The number of aromatic nitrogens is 3. The fourth-order valence-corrected chi connectivity index (χ4v) is 4.66. The second kappa shape index (κ2) is 11.0. The van der Waals surface area contributed by atoms with Crippen molar-refractivity contribution in [3.05, 3.63) is 112 Å². The van der Waals surface area contributed by atoms with E-state index in [9.17, 15) is 14.3 Å². The lowest BCUT2D eigenvalue weighted by Gasteiger charge is -2.23. The molecule has 7 nitrogen and oxygen atoms in total. The molecule has 0 aliphatic heterocycles. The summed E-state index contributed by atoms with van der Waals surface area (Å²) in [4.78, 5) is 17.8. The zero-order chi connectivity index (χ0) is 25.8. The van der Waals surface area contributed by atoms with E-state index in [0.717, 1.165) is 16.9 Å². The van der Waals surface area contributed by atoms with Gasteiger partial charge in [-0.25, -0.2) is 9.37 Å². The van der Waals surface area contributed by atoms with Crippen molar-refractivity contribution < 1.29 is 18.7 Å². The van der Waals surface area contributed by atoms with E-state index in [0.29, 0.717) is 11.3 Å². The monoisotopic (exact) mass is 507 g/mol. The Balaban J connectivity index is 1.71. The van der Waals surface area contributed by atoms with Gasteiger partial charge in [0.05, 0.1) is 43.0 Å². The summed E-state index contributed by atoms with van der Waals surface area (Å²) in [7, 11) is 0.177. The Bertz CT molecular complexity index is 1380. The van der Waals surface area contributed by atoms with Gasteiger partial charge >= 0.3 is 0 Å². The van der Waals surface area contributed by atoms with Gasteiger partial charge in [0.2, 0.25) is 0 Å². The van der Waals surface area contributed by atoms with E-state index in [-0.39, 0.29) is 23.5 Å². The van der Waals surface area contributed by atoms with Crippen molar-refractivity contribution in [1.29, 1.82) is 0 Å². The molecule has 0 saturated heterocycles. The number of aliphatic hydroxyl groups is 1. The summed E-state index contributed by atoms with van der Waals surface area (Å²) in [6, 6.07) is 14.2. The van der Waals surface area contributed by atoms with E-state index in [2.05, 4.69) is 4.98 Å². The highest BCUT2D eigenvalue weighted by Crippen LogP contribution is 2.29.